The van der Waals surface area contributed by atoms with Crippen LogP contribution in [0.25, 0.3) is 23.2 Å². The van der Waals surface area contributed by atoms with Crippen molar-refractivity contribution in [1.82, 2.24) is 20.1 Å². The van der Waals surface area contributed by atoms with Gasteiger partial charge < -0.3 is 10.1 Å². The number of thioether (sulfide) groups is 1. The number of aromatic nitrogens is 3. The molecule has 5 rings (SSSR count). The first-order valence-corrected chi connectivity index (χ1v) is 15.8. The molecule has 46 heavy (non-hydrogen) atoms. The highest BCUT2D eigenvalue weighted by atomic mass is 32.2. The number of ether oxygens (including phenoxy) is 1. The van der Waals surface area contributed by atoms with Crippen molar-refractivity contribution in [3.8, 4) is 22.8 Å². The van der Waals surface area contributed by atoms with Crippen molar-refractivity contribution in [3.63, 3.8) is 0 Å². The number of carbonyl (C=O) groups excluding carboxylic acids is 1. The molecule has 1 aliphatic heterocycles. The van der Waals surface area contributed by atoms with Gasteiger partial charge in [-0.3, -0.25) is 9.69 Å². The SMILES string of the molecule is Cc1ccc(C(C)C)c(N2C(=O)CS/C2=N\C(=S)NCC/C=C/c2ccc(-c3ncn(-c4ccc(OC(F)(F)F)cc4)n3)cc2)c1. The minimum absolute atomic E-state index is 0.00900. The number of hydrogen-bond acceptors (Lipinski definition) is 6. The summed E-state index contributed by atoms with van der Waals surface area (Å²) in [4.78, 5) is 23.4. The summed E-state index contributed by atoms with van der Waals surface area (Å²) in [5.74, 6) is 0.742. The normalized spacial score (nSPS) is 14.5. The molecule has 0 saturated carbocycles. The number of amides is 1. The number of carbonyl (C=O) groups is 1. The standard InChI is InChI=1S/C33H31F3N6O2S2/c1-21(2)27-16-7-22(3)18-28(27)42-29(43)19-46-32(42)39-31(45)37-17-5-4-6-23-8-10-24(11-9-23)30-38-20-41(40-30)25-12-14-26(15-13-25)44-33(34,35)36/h4,6-16,18,20-21H,5,17,19H2,1-3H3,(H,37,45)/b6-4+,39-32-. The van der Waals surface area contributed by atoms with E-state index in [4.69, 9.17) is 12.2 Å². The average Bonchev–Trinajstić information content (AvgIpc) is 3.64. The number of halogens is 3. The second-order valence-corrected chi connectivity index (χ2v) is 12.1. The van der Waals surface area contributed by atoms with Crippen LogP contribution in [0.2, 0.25) is 0 Å². The van der Waals surface area contributed by atoms with Gasteiger partial charge in [-0.05, 0) is 78.5 Å². The highest BCUT2D eigenvalue weighted by Crippen LogP contribution is 2.34. The summed E-state index contributed by atoms with van der Waals surface area (Å²) in [5.41, 5.74) is 5.35. The molecular formula is C33H31F3N6O2S2. The summed E-state index contributed by atoms with van der Waals surface area (Å²) in [6.07, 6.45) is 1.48. The van der Waals surface area contributed by atoms with Gasteiger partial charge in [0.2, 0.25) is 5.91 Å². The molecule has 0 spiro atoms. The summed E-state index contributed by atoms with van der Waals surface area (Å²) in [6.45, 7) is 6.80. The number of anilines is 1. The van der Waals surface area contributed by atoms with Crippen LogP contribution < -0.4 is 15.0 Å². The Balaban J connectivity index is 1.13. The van der Waals surface area contributed by atoms with Crippen LogP contribution in [0.3, 0.4) is 0 Å². The Morgan fingerprint density at radius 2 is 1.87 bits per heavy atom. The topological polar surface area (TPSA) is 84.6 Å². The number of thiocarbonyl (C=S) groups is 1. The third kappa shape index (κ3) is 8.40. The zero-order valence-electron chi connectivity index (χ0n) is 25.3. The molecule has 0 atom stereocenters. The monoisotopic (exact) mass is 664 g/mol. The number of amidine groups is 1. The number of nitrogens with one attached hydrogen (secondary N) is 1. The summed E-state index contributed by atoms with van der Waals surface area (Å²) in [7, 11) is 0. The minimum Gasteiger partial charge on any atom is -0.406 e. The van der Waals surface area contributed by atoms with Crippen LogP contribution in [0, 0.1) is 6.92 Å². The van der Waals surface area contributed by atoms with Crippen molar-refractivity contribution in [3.05, 3.63) is 95.8 Å². The van der Waals surface area contributed by atoms with E-state index < -0.39 is 6.36 Å². The fourth-order valence-electron chi connectivity index (χ4n) is 4.69. The van der Waals surface area contributed by atoms with E-state index in [-0.39, 0.29) is 17.6 Å². The Morgan fingerprint density at radius 1 is 1.13 bits per heavy atom. The molecule has 1 amide bonds. The molecule has 0 aliphatic carbocycles. The lowest BCUT2D eigenvalue weighted by Gasteiger charge is -2.22. The Morgan fingerprint density at radius 3 is 2.57 bits per heavy atom. The van der Waals surface area contributed by atoms with Gasteiger partial charge in [0.05, 0.1) is 17.1 Å². The summed E-state index contributed by atoms with van der Waals surface area (Å²) >= 11 is 6.86. The third-order valence-electron chi connectivity index (χ3n) is 6.90. The number of benzene rings is 3. The second kappa shape index (κ2) is 14.3. The van der Waals surface area contributed by atoms with Gasteiger partial charge in [-0.15, -0.1) is 18.3 Å². The van der Waals surface area contributed by atoms with Gasteiger partial charge in [0, 0.05) is 12.1 Å². The second-order valence-electron chi connectivity index (χ2n) is 10.7. The number of hydrogen-bond donors (Lipinski definition) is 1. The van der Waals surface area contributed by atoms with Gasteiger partial charge in [0.15, 0.2) is 16.1 Å². The van der Waals surface area contributed by atoms with Crippen molar-refractivity contribution >= 4 is 51.9 Å². The van der Waals surface area contributed by atoms with E-state index >= 15 is 0 Å². The lowest BCUT2D eigenvalue weighted by molar-refractivity contribution is -0.274. The molecule has 4 aromatic rings. The Labute approximate surface area is 274 Å². The average molecular weight is 665 g/mol. The van der Waals surface area contributed by atoms with E-state index in [1.807, 2.05) is 49.4 Å². The maximum atomic E-state index is 12.8. The first kappa shape index (κ1) is 32.9. The fraction of sp³-hybridized carbons (Fsp3) is 0.242. The largest absolute Gasteiger partial charge is 0.573 e. The molecule has 1 saturated heterocycles. The van der Waals surface area contributed by atoms with Crippen LogP contribution in [-0.4, -0.2) is 49.6 Å². The van der Waals surface area contributed by atoms with Crippen LogP contribution in [0.4, 0.5) is 18.9 Å². The van der Waals surface area contributed by atoms with Crippen molar-refractivity contribution in [2.24, 2.45) is 4.99 Å². The predicted molar refractivity (Wildman–Crippen MR) is 180 cm³/mol. The minimum atomic E-state index is -4.75. The highest BCUT2D eigenvalue weighted by Gasteiger charge is 2.32. The van der Waals surface area contributed by atoms with Crippen molar-refractivity contribution < 1.29 is 22.7 Å². The van der Waals surface area contributed by atoms with E-state index in [1.165, 1.54) is 47.0 Å². The molecule has 13 heteroatoms. The van der Waals surface area contributed by atoms with Crippen molar-refractivity contribution in [2.75, 3.05) is 17.2 Å². The molecule has 0 unspecified atom stereocenters. The lowest BCUT2D eigenvalue weighted by atomic mass is 9.99. The Hall–Kier alpha value is -4.49. The number of aliphatic imine (C=N–C) groups is 1. The molecule has 1 aliphatic rings. The van der Waals surface area contributed by atoms with Crippen LogP contribution in [0.15, 0.2) is 84.1 Å². The van der Waals surface area contributed by atoms with Crippen molar-refractivity contribution in [2.45, 2.75) is 39.5 Å². The molecule has 8 nitrogen and oxygen atoms in total. The van der Waals surface area contributed by atoms with Gasteiger partial charge in [0.25, 0.3) is 0 Å². The van der Waals surface area contributed by atoms with Gasteiger partial charge in [-0.1, -0.05) is 74.2 Å². The smallest absolute Gasteiger partial charge is 0.406 e. The van der Waals surface area contributed by atoms with Crippen molar-refractivity contribution in [1.29, 1.82) is 0 Å². The van der Waals surface area contributed by atoms with Gasteiger partial charge in [0.1, 0.15) is 12.1 Å². The Kier molecular flexibility index (Phi) is 10.2. The predicted octanol–water partition coefficient (Wildman–Crippen LogP) is 7.68. The molecule has 238 valence electrons. The van der Waals surface area contributed by atoms with Crippen LogP contribution in [-0.2, 0) is 4.79 Å². The number of alkyl halides is 3. The third-order valence-corrected chi connectivity index (χ3v) is 8.06. The lowest BCUT2D eigenvalue weighted by Crippen LogP contribution is -2.32. The summed E-state index contributed by atoms with van der Waals surface area (Å²) in [6, 6.07) is 19.2. The van der Waals surface area contributed by atoms with E-state index in [9.17, 15) is 18.0 Å². The first-order chi connectivity index (χ1) is 22.0. The van der Waals surface area contributed by atoms with Gasteiger partial charge in [-0.25, -0.2) is 9.67 Å². The zero-order valence-corrected chi connectivity index (χ0v) is 26.9. The molecule has 1 aromatic heterocycles. The van der Waals surface area contributed by atoms with Crippen LogP contribution in [0.1, 0.15) is 42.9 Å². The molecule has 1 N–H and O–H groups in total. The first-order valence-electron chi connectivity index (χ1n) is 14.4. The zero-order chi connectivity index (χ0) is 32.8. The number of nitrogens with zero attached hydrogens (tertiary/aromatic N) is 5. The molecule has 1 fully saturated rings. The maximum Gasteiger partial charge on any atom is 0.573 e. The van der Waals surface area contributed by atoms with E-state index in [1.54, 1.807) is 4.90 Å². The molecule has 0 radical (unpaired) electrons. The molecule has 0 bridgehead atoms. The van der Waals surface area contributed by atoms with E-state index in [2.05, 4.69) is 51.1 Å². The number of rotatable bonds is 9. The quantitative estimate of drug-likeness (QED) is 0.145. The number of aryl methyl sites for hydroxylation is 1. The highest BCUT2D eigenvalue weighted by molar-refractivity contribution is 8.15. The molecule has 2 heterocycles. The summed E-state index contributed by atoms with van der Waals surface area (Å²) in [5, 5.41) is 8.50. The van der Waals surface area contributed by atoms with Gasteiger partial charge >= 0.3 is 6.36 Å². The van der Waals surface area contributed by atoms with Gasteiger partial charge in [-0.2, -0.15) is 4.99 Å². The summed E-state index contributed by atoms with van der Waals surface area (Å²) < 4.78 is 42.6. The molecule has 3 aromatic carbocycles. The molecular weight excluding hydrogens is 634 g/mol. The maximum absolute atomic E-state index is 12.8. The van der Waals surface area contributed by atoms with E-state index in [0.29, 0.717) is 40.5 Å². The Bertz CT molecular complexity index is 1770. The van der Waals surface area contributed by atoms with Crippen LogP contribution in [0.5, 0.6) is 5.75 Å². The van der Waals surface area contributed by atoms with E-state index in [0.717, 1.165) is 27.9 Å². The fourth-order valence-corrected chi connectivity index (χ4v) is 5.80. The van der Waals surface area contributed by atoms with Crippen LogP contribution >= 0.6 is 24.0 Å².